The number of rotatable bonds is 4. The first-order valence-electron chi connectivity index (χ1n) is 6.25. The molecule has 1 heterocycles. The number of benzene rings is 1. The summed E-state index contributed by atoms with van der Waals surface area (Å²) in [7, 11) is 0. The number of hydrogen-bond donors (Lipinski definition) is 2. The van der Waals surface area contributed by atoms with Crippen molar-refractivity contribution in [3.8, 4) is 0 Å². The highest BCUT2D eigenvalue weighted by Gasteiger charge is 2.23. The second-order valence-corrected chi connectivity index (χ2v) is 4.41. The highest BCUT2D eigenvalue weighted by Crippen LogP contribution is 2.19. The molecule has 2 rings (SSSR count). The van der Waals surface area contributed by atoms with Gasteiger partial charge in [0.05, 0.1) is 0 Å². The van der Waals surface area contributed by atoms with E-state index in [9.17, 15) is 4.79 Å². The van der Waals surface area contributed by atoms with Gasteiger partial charge in [-0.05, 0) is 18.6 Å². The lowest BCUT2D eigenvalue weighted by Crippen LogP contribution is -2.43. The van der Waals surface area contributed by atoms with Gasteiger partial charge in [0.15, 0.2) is 0 Å². The summed E-state index contributed by atoms with van der Waals surface area (Å²) in [5.41, 5.74) is 1.22. The maximum absolute atomic E-state index is 11.5. The standard InChI is InChI=1S/C14H19N3O/c1-2-9-15-14(18)16-12-8-10-17(11-12)13-6-4-3-5-7-13/h2-7,12H,1,8-11H2,(H2,15,16,18)/t12-/m0/s1. The molecule has 2 N–H and O–H groups in total. The number of carbonyl (C=O) groups is 1. The van der Waals surface area contributed by atoms with Gasteiger partial charge in [-0.25, -0.2) is 4.79 Å². The molecule has 4 nitrogen and oxygen atoms in total. The first-order chi connectivity index (χ1) is 8.79. The van der Waals surface area contributed by atoms with Crippen molar-refractivity contribution in [2.24, 2.45) is 0 Å². The van der Waals surface area contributed by atoms with Gasteiger partial charge in [-0.3, -0.25) is 0 Å². The lowest BCUT2D eigenvalue weighted by Gasteiger charge is -2.19. The van der Waals surface area contributed by atoms with Gasteiger partial charge < -0.3 is 15.5 Å². The van der Waals surface area contributed by atoms with E-state index in [1.165, 1.54) is 5.69 Å². The molecule has 4 heteroatoms. The van der Waals surface area contributed by atoms with Gasteiger partial charge in [-0.1, -0.05) is 24.3 Å². The Labute approximate surface area is 108 Å². The van der Waals surface area contributed by atoms with E-state index in [-0.39, 0.29) is 12.1 Å². The molecule has 96 valence electrons. The second kappa shape index (κ2) is 6.10. The third-order valence-corrected chi connectivity index (χ3v) is 3.05. The largest absolute Gasteiger partial charge is 0.369 e. The van der Waals surface area contributed by atoms with E-state index in [1.54, 1.807) is 6.08 Å². The summed E-state index contributed by atoms with van der Waals surface area (Å²) in [4.78, 5) is 13.8. The van der Waals surface area contributed by atoms with Crippen LogP contribution in [0.3, 0.4) is 0 Å². The molecule has 2 amide bonds. The third-order valence-electron chi connectivity index (χ3n) is 3.05. The molecule has 0 unspecified atom stereocenters. The van der Waals surface area contributed by atoms with Crippen molar-refractivity contribution in [1.82, 2.24) is 10.6 Å². The van der Waals surface area contributed by atoms with Crippen molar-refractivity contribution in [3.05, 3.63) is 43.0 Å². The van der Waals surface area contributed by atoms with E-state index in [1.807, 2.05) is 18.2 Å². The topological polar surface area (TPSA) is 44.4 Å². The van der Waals surface area contributed by atoms with Crippen LogP contribution >= 0.6 is 0 Å². The average molecular weight is 245 g/mol. The van der Waals surface area contributed by atoms with E-state index in [0.717, 1.165) is 19.5 Å². The number of amides is 2. The summed E-state index contributed by atoms with van der Waals surface area (Å²) >= 11 is 0. The number of anilines is 1. The number of nitrogens with one attached hydrogen (secondary N) is 2. The molecule has 0 aliphatic carbocycles. The molecule has 0 radical (unpaired) electrons. The maximum atomic E-state index is 11.5. The van der Waals surface area contributed by atoms with Gasteiger partial charge >= 0.3 is 6.03 Å². The monoisotopic (exact) mass is 245 g/mol. The molecule has 1 atom stereocenters. The fraction of sp³-hybridized carbons (Fsp3) is 0.357. The average Bonchev–Trinajstić information content (AvgIpc) is 2.86. The van der Waals surface area contributed by atoms with Crippen LogP contribution in [0.4, 0.5) is 10.5 Å². The smallest absolute Gasteiger partial charge is 0.315 e. The minimum Gasteiger partial charge on any atom is -0.369 e. The lowest BCUT2D eigenvalue weighted by atomic mass is 10.3. The van der Waals surface area contributed by atoms with Crippen molar-refractivity contribution in [3.63, 3.8) is 0 Å². The fourth-order valence-electron chi connectivity index (χ4n) is 2.15. The molecular formula is C14H19N3O. The number of para-hydroxylation sites is 1. The summed E-state index contributed by atoms with van der Waals surface area (Å²) < 4.78 is 0. The zero-order chi connectivity index (χ0) is 12.8. The van der Waals surface area contributed by atoms with Crippen molar-refractivity contribution in [2.45, 2.75) is 12.5 Å². The molecule has 18 heavy (non-hydrogen) atoms. The Bertz CT molecular complexity index is 405. The van der Waals surface area contributed by atoms with Crippen LogP contribution in [0.25, 0.3) is 0 Å². The van der Waals surface area contributed by atoms with Gasteiger partial charge in [0.2, 0.25) is 0 Å². The minimum absolute atomic E-state index is 0.116. The van der Waals surface area contributed by atoms with E-state index in [2.05, 4.69) is 34.2 Å². The van der Waals surface area contributed by atoms with Gasteiger partial charge in [-0.2, -0.15) is 0 Å². The number of nitrogens with zero attached hydrogens (tertiary/aromatic N) is 1. The van der Waals surface area contributed by atoms with Crippen molar-refractivity contribution < 1.29 is 4.79 Å². The number of urea groups is 1. The SMILES string of the molecule is C=CCNC(=O)N[C@H]1CCN(c2ccccc2)C1. The number of hydrogen-bond acceptors (Lipinski definition) is 2. The Hall–Kier alpha value is -1.97. The highest BCUT2D eigenvalue weighted by atomic mass is 16.2. The molecular weight excluding hydrogens is 226 g/mol. The summed E-state index contributed by atoms with van der Waals surface area (Å²) in [6.07, 6.45) is 2.65. The summed E-state index contributed by atoms with van der Waals surface area (Å²) in [6, 6.07) is 10.4. The fourth-order valence-corrected chi connectivity index (χ4v) is 2.15. The number of carbonyl (C=O) groups excluding carboxylic acids is 1. The zero-order valence-electron chi connectivity index (χ0n) is 10.4. The Morgan fingerprint density at radius 1 is 1.44 bits per heavy atom. The minimum atomic E-state index is -0.116. The molecule has 1 aliphatic heterocycles. The van der Waals surface area contributed by atoms with Crippen LogP contribution in [0.15, 0.2) is 43.0 Å². The van der Waals surface area contributed by atoms with Crippen LogP contribution < -0.4 is 15.5 Å². The Balaban J connectivity index is 1.82. The first-order valence-corrected chi connectivity index (χ1v) is 6.25. The van der Waals surface area contributed by atoms with Crippen molar-refractivity contribution in [2.75, 3.05) is 24.5 Å². The molecule has 0 bridgehead atoms. The first kappa shape index (κ1) is 12.5. The Morgan fingerprint density at radius 2 is 2.22 bits per heavy atom. The van der Waals surface area contributed by atoms with Crippen LogP contribution in [-0.4, -0.2) is 31.7 Å². The van der Waals surface area contributed by atoms with Crippen LogP contribution in [0.1, 0.15) is 6.42 Å². The van der Waals surface area contributed by atoms with E-state index < -0.39 is 0 Å². The predicted molar refractivity (Wildman–Crippen MR) is 73.8 cm³/mol. The summed E-state index contributed by atoms with van der Waals surface area (Å²) in [5, 5.41) is 5.70. The third kappa shape index (κ3) is 3.26. The molecule has 0 aromatic heterocycles. The molecule has 0 spiro atoms. The Morgan fingerprint density at radius 3 is 2.94 bits per heavy atom. The van der Waals surface area contributed by atoms with Crippen LogP contribution in [0.2, 0.25) is 0 Å². The van der Waals surface area contributed by atoms with E-state index in [0.29, 0.717) is 6.54 Å². The van der Waals surface area contributed by atoms with Crippen LogP contribution in [0.5, 0.6) is 0 Å². The summed E-state index contributed by atoms with van der Waals surface area (Å²) in [6.45, 7) is 5.92. The molecule has 0 saturated carbocycles. The van der Waals surface area contributed by atoms with Gasteiger partial charge in [0.25, 0.3) is 0 Å². The van der Waals surface area contributed by atoms with Crippen LogP contribution in [-0.2, 0) is 0 Å². The van der Waals surface area contributed by atoms with Crippen molar-refractivity contribution in [1.29, 1.82) is 0 Å². The molecule has 1 saturated heterocycles. The highest BCUT2D eigenvalue weighted by molar-refractivity contribution is 5.74. The zero-order valence-corrected chi connectivity index (χ0v) is 10.4. The van der Waals surface area contributed by atoms with E-state index >= 15 is 0 Å². The van der Waals surface area contributed by atoms with Crippen LogP contribution in [0, 0.1) is 0 Å². The van der Waals surface area contributed by atoms with Crippen molar-refractivity contribution >= 4 is 11.7 Å². The van der Waals surface area contributed by atoms with Gasteiger partial charge in [0, 0.05) is 31.4 Å². The molecule has 1 fully saturated rings. The summed E-state index contributed by atoms with van der Waals surface area (Å²) in [5.74, 6) is 0. The quantitative estimate of drug-likeness (QED) is 0.794. The lowest BCUT2D eigenvalue weighted by molar-refractivity contribution is 0.239. The molecule has 1 aliphatic rings. The predicted octanol–water partition coefficient (Wildman–Crippen LogP) is 1.75. The van der Waals surface area contributed by atoms with Gasteiger partial charge in [-0.15, -0.1) is 6.58 Å². The normalized spacial score (nSPS) is 18.4. The second-order valence-electron chi connectivity index (χ2n) is 4.41. The molecule has 1 aromatic carbocycles. The molecule has 1 aromatic rings. The van der Waals surface area contributed by atoms with E-state index in [4.69, 9.17) is 0 Å². The van der Waals surface area contributed by atoms with Gasteiger partial charge in [0.1, 0.15) is 0 Å². The Kier molecular flexibility index (Phi) is 4.23. The maximum Gasteiger partial charge on any atom is 0.315 e.